The maximum atomic E-state index is 12.8. The summed E-state index contributed by atoms with van der Waals surface area (Å²) in [4.78, 5) is 33.7. The molecule has 170 valence electrons. The number of aryl methyl sites for hydroxylation is 1. The van der Waals surface area contributed by atoms with Crippen molar-refractivity contribution in [2.24, 2.45) is 0 Å². The van der Waals surface area contributed by atoms with Crippen LogP contribution in [0.3, 0.4) is 0 Å². The van der Waals surface area contributed by atoms with Gasteiger partial charge in [-0.1, -0.05) is 35.4 Å². The van der Waals surface area contributed by atoms with Crippen LogP contribution in [0.2, 0.25) is 5.02 Å². The summed E-state index contributed by atoms with van der Waals surface area (Å²) in [6.07, 6.45) is 2.94. The third kappa shape index (κ3) is 5.67. The first-order chi connectivity index (χ1) is 16.4. The molecule has 9 heteroatoms. The Morgan fingerprint density at radius 1 is 0.824 bits per heavy atom. The van der Waals surface area contributed by atoms with Gasteiger partial charge in [-0.25, -0.2) is 9.97 Å². The van der Waals surface area contributed by atoms with Gasteiger partial charge in [-0.15, -0.1) is 0 Å². The number of carbonyl (C=O) groups excluding carboxylic acids is 2. The largest absolute Gasteiger partial charge is 0.399 e. The van der Waals surface area contributed by atoms with Crippen LogP contribution in [0.25, 0.3) is 0 Å². The molecule has 2 amide bonds. The Morgan fingerprint density at radius 3 is 2.29 bits per heavy atom. The lowest BCUT2D eigenvalue weighted by molar-refractivity contribution is 0.101. The summed E-state index contributed by atoms with van der Waals surface area (Å²) in [6.45, 7) is 1.91. The summed E-state index contributed by atoms with van der Waals surface area (Å²) in [5.74, 6) is -0.395. The van der Waals surface area contributed by atoms with E-state index in [0.717, 1.165) is 11.3 Å². The number of rotatable bonds is 6. The van der Waals surface area contributed by atoms with Crippen molar-refractivity contribution in [2.75, 3.05) is 21.7 Å². The average molecular weight is 473 g/mol. The summed E-state index contributed by atoms with van der Waals surface area (Å²) in [5.41, 5.74) is 9.64. The van der Waals surface area contributed by atoms with Gasteiger partial charge in [-0.2, -0.15) is 0 Å². The molecule has 0 aliphatic rings. The lowest BCUT2D eigenvalue weighted by Crippen LogP contribution is -2.15. The molecule has 0 bridgehead atoms. The fourth-order valence-corrected chi connectivity index (χ4v) is 3.37. The molecule has 3 aromatic carbocycles. The summed E-state index contributed by atoms with van der Waals surface area (Å²) >= 11 is 6.23. The molecular formula is C25H21ClN6O2. The number of anilines is 5. The van der Waals surface area contributed by atoms with E-state index >= 15 is 0 Å². The van der Waals surface area contributed by atoms with Crippen LogP contribution in [-0.2, 0) is 0 Å². The number of benzene rings is 3. The number of carbonyl (C=O) groups is 2. The molecular weight excluding hydrogens is 452 g/mol. The molecule has 0 fully saturated rings. The van der Waals surface area contributed by atoms with Gasteiger partial charge < -0.3 is 21.7 Å². The van der Waals surface area contributed by atoms with Crippen LogP contribution < -0.4 is 21.7 Å². The quantitative estimate of drug-likeness (QED) is 0.283. The van der Waals surface area contributed by atoms with Gasteiger partial charge in [0.2, 0.25) is 5.95 Å². The van der Waals surface area contributed by atoms with Crippen molar-refractivity contribution >= 4 is 52.1 Å². The fourth-order valence-electron chi connectivity index (χ4n) is 3.17. The van der Waals surface area contributed by atoms with E-state index in [2.05, 4.69) is 25.9 Å². The van der Waals surface area contributed by atoms with Gasteiger partial charge in [0.25, 0.3) is 11.8 Å². The molecule has 0 radical (unpaired) electrons. The van der Waals surface area contributed by atoms with Gasteiger partial charge in [0.15, 0.2) is 0 Å². The van der Waals surface area contributed by atoms with Crippen LogP contribution >= 0.6 is 11.6 Å². The summed E-state index contributed by atoms with van der Waals surface area (Å²) < 4.78 is 0. The standard InChI is InChI=1S/C25H21ClN6O2/c1-15-4-2-5-16(10-15)23(33)30-19-8-9-22(26)21(12-19)24(34)31-20-13-28-25(29-14-20)32-18-7-3-6-17(27)11-18/h2-14H,27H2,1H3,(H,30,33)(H,31,34)(H,28,29,32). The smallest absolute Gasteiger partial charge is 0.257 e. The van der Waals surface area contributed by atoms with E-state index in [9.17, 15) is 9.59 Å². The SMILES string of the molecule is Cc1cccc(C(=O)Nc2ccc(Cl)c(C(=O)Nc3cnc(Nc4cccc(N)c4)nc3)c2)c1. The highest BCUT2D eigenvalue weighted by molar-refractivity contribution is 6.34. The highest BCUT2D eigenvalue weighted by Crippen LogP contribution is 2.23. The van der Waals surface area contributed by atoms with E-state index in [1.54, 1.807) is 36.4 Å². The fraction of sp³-hybridized carbons (Fsp3) is 0.0400. The molecule has 0 aliphatic heterocycles. The molecule has 0 saturated heterocycles. The Hall–Kier alpha value is -4.43. The van der Waals surface area contributed by atoms with Crippen LogP contribution in [0.15, 0.2) is 79.1 Å². The Bertz CT molecular complexity index is 1360. The van der Waals surface area contributed by atoms with Gasteiger partial charge in [0.05, 0.1) is 28.7 Å². The zero-order valence-corrected chi connectivity index (χ0v) is 18.9. The van der Waals surface area contributed by atoms with E-state index in [1.165, 1.54) is 18.5 Å². The average Bonchev–Trinajstić information content (AvgIpc) is 2.81. The van der Waals surface area contributed by atoms with E-state index in [0.29, 0.717) is 28.6 Å². The summed E-state index contributed by atoms with van der Waals surface area (Å²) in [6, 6.07) is 19.1. The molecule has 4 aromatic rings. The van der Waals surface area contributed by atoms with Crippen molar-refractivity contribution < 1.29 is 9.59 Å². The highest BCUT2D eigenvalue weighted by Gasteiger charge is 2.14. The van der Waals surface area contributed by atoms with Gasteiger partial charge in [-0.3, -0.25) is 9.59 Å². The summed E-state index contributed by atoms with van der Waals surface area (Å²) in [5, 5.41) is 8.77. The number of nitrogens with one attached hydrogen (secondary N) is 3. The van der Waals surface area contributed by atoms with Crippen molar-refractivity contribution in [3.05, 3.63) is 101 Å². The Morgan fingerprint density at radius 2 is 1.56 bits per heavy atom. The van der Waals surface area contributed by atoms with E-state index < -0.39 is 5.91 Å². The second-order valence-electron chi connectivity index (χ2n) is 7.52. The van der Waals surface area contributed by atoms with Gasteiger partial charge in [-0.05, 0) is 55.5 Å². The lowest BCUT2D eigenvalue weighted by atomic mass is 10.1. The molecule has 1 heterocycles. The maximum absolute atomic E-state index is 12.8. The number of hydrogen-bond acceptors (Lipinski definition) is 6. The molecule has 4 rings (SSSR count). The first kappa shape index (κ1) is 22.8. The first-order valence-electron chi connectivity index (χ1n) is 10.3. The number of nitrogens with zero attached hydrogens (tertiary/aromatic N) is 2. The van der Waals surface area contributed by atoms with E-state index in [4.69, 9.17) is 17.3 Å². The van der Waals surface area contributed by atoms with Crippen molar-refractivity contribution in [3.8, 4) is 0 Å². The van der Waals surface area contributed by atoms with Crippen LogP contribution in [0.1, 0.15) is 26.3 Å². The van der Waals surface area contributed by atoms with Crippen molar-refractivity contribution in [2.45, 2.75) is 6.92 Å². The number of aromatic nitrogens is 2. The minimum absolute atomic E-state index is 0.200. The minimum Gasteiger partial charge on any atom is -0.399 e. The Kier molecular flexibility index (Phi) is 6.70. The number of amides is 2. The van der Waals surface area contributed by atoms with Gasteiger partial charge in [0.1, 0.15) is 0 Å². The molecule has 8 nitrogen and oxygen atoms in total. The second kappa shape index (κ2) is 10.0. The number of nitrogen functional groups attached to an aromatic ring is 1. The van der Waals surface area contributed by atoms with Gasteiger partial charge >= 0.3 is 0 Å². The topological polar surface area (TPSA) is 122 Å². The van der Waals surface area contributed by atoms with Crippen molar-refractivity contribution in [1.29, 1.82) is 0 Å². The molecule has 0 atom stereocenters. The van der Waals surface area contributed by atoms with Gasteiger partial charge in [0, 0.05) is 22.6 Å². The predicted molar refractivity (Wildman–Crippen MR) is 135 cm³/mol. The molecule has 34 heavy (non-hydrogen) atoms. The van der Waals surface area contributed by atoms with E-state index in [-0.39, 0.29) is 16.5 Å². The Labute approximate surface area is 201 Å². The summed E-state index contributed by atoms with van der Waals surface area (Å²) in [7, 11) is 0. The highest BCUT2D eigenvalue weighted by atomic mass is 35.5. The first-order valence-corrected chi connectivity index (χ1v) is 10.7. The zero-order chi connectivity index (χ0) is 24.1. The molecule has 0 unspecified atom stereocenters. The normalized spacial score (nSPS) is 10.4. The molecule has 0 saturated carbocycles. The molecule has 0 aliphatic carbocycles. The van der Waals surface area contributed by atoms with E-state index in [1.807, 2.05) is 31.2 Å². The van der Waals surface area contributed by atoms with Crippen LogP contribution in [0.4, 0.5) is 28.7 Å². The predicted octanol–water partition coefficient (Wildman–Crippen LogP) is 5.27. The van der Waals surface area contributed by atoms with Crippen LogP contribution in [0, 0.1) is 6.92 Å². The molecule has 0 spiro atoms. The minimum atomic E-state index is -0.461. The lowest BCUT2D eigenvalue weighted by Gasteiger charge is -2.11. The third-order valence-electron chi connectivity index (χ3n) is 4.80. The third-order valence-corrected chi connectivity index (χ3v) is 5.13. The second-order valence-corrected chi connectivity index (χ2v) is 7.93. The van der Waals surface area contributed by atoms with Crippen molar-refractivity contribution in [3.63, 3.8) is 0 Å². The van der Waals surface area contributed by atoms with Crippen LogP contribution in [-0.4, -0.2) is 21.8 Å². The molecule has 5 N–H and O–H groups in total. The Balaban J connectivity index is 1.44. The number of nitrogens with two attached hydrogens (primary N) is 1. The maximum Gasteiger partial charge on any atom is 0.257 e. The van der Waals surface area contributed by atoms with Crippen molar-refractivity contribution in [1.82, 2.24) is 9.97 Å². The monoisotopic (exact) mass is 472 g/mol. The molecule has 1 aromatic heterocycles. The zero-order valence-electron chi connectivity index (χ0n) is 18.2. The number of hydrogen-bond donors (Lipinski definition) is 4. The number of halogens is 1. The van der Waals surface area contributed by atoms with Crippen LogP contribution in [0.5, 0.6) is 0 Å².